The molecule has 0 aliphatic heterocycles. The average molecular weight is 214 g/mol. The van der Waals surface area contributed by atoms with E-state index < -0.39 is 16.4 Å². The smallest absolute Gasteiger partial charge is 0.305 e. The van der Waals surface area contributed by atoms with Gasteiger partial charge in [-0.25, -0.2) is 0 Å². The Hall–Kier alpha value is -1.56. The Morgan fingerprint density at radius 3 is 2.79 bits per heavy atom. The van der Waals surface area contributed by atoms with Gasteiger partial charge in [0.2, 0.25) is 5.82 Å². The number of benzene rings is 1. The van der Waals surface area contributed by atoms with Crippen LogP contribution < -0.4 is 5.73 Å². The lowest BCUT2D eigenvalue weighted by Gasteiger charge is -2.01. The van der Waals surface area contributed by atoms with Gasteiger partial charge in [0.15, 0.2) is 0 Å². The summed E-state index contributed by atoms with van der Waals surface area (Å²) in [7, 11) is 0. The van der Waals surface area contributed by atoms with Gasteiger partial charge in [-0.15, -0.1) is 0 Å². The van der Waals surface area contributed by atoms with E-state index in [1.54, 1.807) is 0 Å². The summed E-state index contributed by atoms with van der Waals surface area (Å²) < 4.78 is 13.3. The van der Waals surface area contributed by atoms with Crippen LogP contribution in [-0.2, 0) is 6.42 Å². The highest BCUT2D eigenvalue weighted by Crippen LogP contribution is 2.20. The molecule has 14 heavy (non-hydrogen) atoms. The Morgan fingerprint density at radius 2 is 2.29 bits per heavy atom. The molecule has 0 unspecified atom stereocenters. The van der Waals surface area contributed by atoms with E-state index in [4.69, 9.17) is 5.73 Å². The van der Waals surface area contributed by atoms with Crippen molar-refractivity contribution in [2.45, 2.75) is 6.42 Å². The van der Waals surface area contributed by atoms with Crippen molar-refractivity contribution < 1.29 is 9.31 Å². The van der Waals surface area contributed by atoms with Crippen LogP contribution in [0.15, 0.2) is 18.2 Å². The highest BCUT2D eigenvalue weighted by Gasteiger charge is 2.16. The Kier molecular flexibility index (Phi) is 3.08. The molecule has 74 valence electrons. The van der Waals surface area contributed by atoms with Crippen molar-refractivity contribution in [2.75, 3.05) is 0 Å². The van der Waals surface area contributed by atoms with Gasteiger partial charge < -0.3 is 5.73 Å². The van der Waals surface area contributed by atoms with Gasteiger partial charge in [-0.05, 0) is 0 Å². The van der Waals surface area contributed by atoms with Crippen molar-refractivity contribution in [2.24, 2.45) is 5.73 Å². The molecule has 0 spiro atoms. The fraction of sp³-hybridized carbons (Fsp3) is 0.125. The number of nitrogens with two attached hydrogens (primary N) is 1. The summed E-state index contributed by atoms with van der Waals surface area (Å²) in [5.74, 6) is -0.870. The van der Waals surface area contributed by atoms with Gasteiger partial charge >= 0.3 is 5.69 Å². The van der Waals surface area contributed by atoms with E-state index in [0.29, 0.717) is 0 Å². The van der Waals surface area contributed by atoms with E-state index in [0.717, 1.165) is 6.07 Å². The third-order valence-corrected chi connectivity index (χ3v) is 1.76. The molecule has 1 aromatic carbocycles. The van der Waals surface area contributed by atoms with Gasteiger partial charge in [0.1, 0.15) is 0 Å². The highest BCUT2D eigenvalue weighted by molar-refractivity contribution is 7.80. The molecule has 0 amide bonds. The lowest BCUT2D eigenvalue weighted by atomic mass is 10.1. The molecule has 0 aromatic heterocycles. The predicted molar refractivity (Wildman–Crippen MR) is 53.5 cm³/mol. The van der Waals surface area contributed by atoms with E-state index in [1.165, 1.54) is 12.1 Å². The normalized spacial score (nSPS) is 9.79. The molecule has 0 bridgehead atoms. The number of rotatable bonds is 3. The van der Waals surface area contributed by atoms with Gasteiger partial charge in [-0.3, -0.25) is 10.1 Å². The number of hydrogen-bond donors (Lipinski definition) is 1. The van der Waals surface area contributed by atoms with Crippen LogP contribution in [0.4, 0.5) is 10.1 Å². The molecule has 0 fully saturated rings. The van der Waals surface area contributed by atoms with E-state index in [2.05, 4.69) is 12.2 Å². The van der Waals surface area contributed by atoms with Gasteiger partial charge in [0.05, 0.1) is 9.91 Å². The van der Waals surface area contributed by atoms with Gasteiger partial charge in [0, 0.05) is 18.1 Å². The third-order valence-electron chi connectivity index (χ3n) is 1.62. The SMILES string of the molecule is NC(=S)Cc1cccc([N+](=O)[O-])c1F. The summed E-state index contributed by atoms with van der Waals surface area (Å²) in [6, 6.07) is 3.91. The van der Waals surface area contributed by atoms with Crippen molar-refractivity contribution in [3.05, 3.63) is 39.7 Å². The van der Waals surface area contributed by atoms with Crippen LogP contribution in [0.25, 0.3) is 0 Å². The molecule has 1 aromatic rings. The van der Waals surface area contributed by atoms with Crippen molar-refractivity contribution >= 4 is 22.9 Å². The first-order valence-electron chi connectivity index (χ1n) is 3.72. The predicted octanol–water partition coefficient (Wildman–Crippen LogP) is 1.56. The first-order chi connectivity index (χ1) is 6.52. The van der Waals surface area contributed by atoms with Crippen LogP contribution in [0.3, 0.4) is 0 Å². The Morgan fingerprint density at radius 1 is 1.64 bits per heavy atom. The fourth-order valence-electron chi connectivity index (χ4n) is 1.03. The second kappa shape index (κ2) is 4.10. The zero-order valence-electron chi connectivity index (χ0n) is 7.07. The number of nitrogens with zero attached hydrogens (tertiary/aromatic N) is 1. The molecule has 0 radical (unpaired) electrons. The van der Waals surface area contributed by atoms with Gasteiger partial charge in [0.25, 0.3) is 0 Å². The molecule has 0 atom stereocenters. The average Bonchev–Trinajstić information content (AvgIpc) is 2.07. The monoisotopic (exact) mass is 214 g/mol. The maximum atomic E-state index is 13.3. The van der Waals surface area contributed by atoms with Crippen LogP contribution in [0.5, 0.6) is 0 Å². The maximum Gasteiger partial charge on any atom is 0.305 e. The van der Waals surface area contributed by atoms with E-state index >= 15 is 0 Å². The number of hydrogen-bond acceptors (Lipinski definition) is 3. The first kappa shape index (κ1) is 10.5. The van der Waals surface area contributed by atoms with Gasteiger partial charge in [-0.2, -0.15) is 4.39 Å². The molecule has 0 heterocycles. The molecule has 1 rings (SSSR count). The van der Waals surface area contributed by atoms with Crippen molar-refractivity contribution in [1.29, 1.82) is 0 Å². The zero-order valence-corrected chi connectivity index (χ0v) is 7.88. The second-order valence-electron chi connectivity index (χ2n) is 2.65. The minimum absolute atomic E-state index is 0.0306. The summed E-state index contributed by atoms with van der Waals surface area (Å²) in [6.45, 7) is 0. The largest absolute Gasteiger partial charge is 0.393 e. The highest BCUT2D eigenvalue weighted by atomic mass is 32.1. The summed E-state index contributed by atoms with van der Waals surface area (Å²) in [5.41, 5.74) is 4.80. The molecule has 0 aliphatic rings. The van der Waals surface area contributed by atoms with Crippen LogP contribution in [-0.4, -0.2) is 9.91 Å². The molecule has 2 N–H and O–H groups in total. The van der Waals surface area contributed by atoms with Crippen LogP contribution >= 0.6 is 12.2 Å². The Balaban J connectivity index is 3.13. The van der Waals surface area contributed by atoms with E-state index in [9.17, 15) is 14.5 Å². The molecule has 0 saturated carbocycles. The number of nitro benzene ring substituents is 1. The van der Waals surface area contributed by atoms with Crippen LogP contribution in [0, 0.1) is 15.9 Å². The quantitative estimate of drug-likeness (QED) is 0.471. The maximum absolute atomic E-state index is 13.3. The van der Waals surface area contributed by atoms with Crippen LogP contribution in [0.2, 0.25) is 0 Å². The Bertz CT molecular complexity index is 395. The molecular weight excluding hydrogens is 207 g/mol. The van der Waals surface area contributed by atoms with E-state index in [-0.39, 0.29) is 17.0 Å². The zero-order chi connectivity index (χ0) is 10.7. The van der Waals surface area contributed by atoms with Crippen molar-refractivity contribution in [1.82, 2.24) is 0 Å². The molecule has 4 nitrogen and oxygen atoms in total. The van der Waals surface area contributed by atoms with Crippen molar-refractivity contribution in [3.63, 3.8) is 0 Å². The number of halogens is 1. The fourth-order valence-corrected chi connectivity index (χ4v) is 1.19. The van der Waals surface area contributed by atoms with E-state index in [1.807, 2.05) is 0 Å². The second-order valence-corrected chi connectivity index (χ2v) is 3.17. The van der Waals surface area contributed by atoms with Crippen molar-refractivity contribution in [3.8, 4) is 0 Å². The standard InChI is InChI=1S/C8H7FN2O2S/c9-8-5(4-7(10)14)2-1-3-6(8)11(12)13/h1-3H,4H2,(H2,10,14). The van der Waals surface area contributed by atoms with Gasteiger partial charge in [-0.1, -0.05) is 24.4 Å². The summed E-state index contributed by atoms with van der Waals surface area (Å²) >= 11 is 4.59. The summed E-state index contributed by atoms with van der Waals surface area (Å²) in [6.07, 6.45) is 0.0306. The summed E-state index contributed by atoms with van der Waals surface area (Å²) in [5, 5.41) is 10.4. The first-order valence-corrected chi connectivity index (χ1v) is 4.13. The van der Waals surface area contributed by atoms with Crippen LogP contribution in [0.1, 0.15) is 5.56 Å². The molecular formula is C8H7FN2O2S. The molecule has 6 heteroatoms. The third kappa shape index (κ3) is 2.23. The minimum atomic E-state index is -0.870. The number of thiocarbonyl (C=S) groups is 1. The molecule has 0 aliphatic carbocycles. The lowest BCUT2D eigenvalue weighted by molar-refractivity contribution is -0.387. The topological polar surface area (TPSA) is 69.2 Å². The molecule has 0 saturated heterocycles. The number of nitro groups is 1. The lowest BCUT2D eigenvalue weighted by Crippen LogP contribution is -2.12. The minimum Gasteiger partial charge on any atom is -0.393 e. The Labute approximate surface area is 84.7 Å². The summed E-state index contributed by atoms with van der Waals surface area (Å²) in [4.78, 5) is 9.68.